The fraction of sp³-hybridized carbons (Fsp3) is 0.714. The Bertz CT molecular complexity index is 517. The Morgan fingerprint density at radius 1 is 1.04 bits per heavy atom. The van der Waals surface area contributed by atoms with Crippen molar-refractivity contribution in [3.63, 3.8) is 0 Å². The van der Waals surface area contributed by atoms with Gasteiger partial charge in [-0.15, -0.1) is 0 Å². The summed E-state index contributed by atoms with van der Waals surface area (Å²) in [6.45, 7) is 7.88. The van der Waals surface area contributed by atoms with Gasteiger partial charge in [-0.05, 0) is 68.1 Å². The molecular weight excluding hydrogens is 298 g/mol. The van der Waals surface area contributed by atoms with Gasteiger partial charge in [0.05, 0.1) is 12.2 Å². The van der Waals surface area contributed by atoms with E-state index in [9.17, 15) is 5.11 Å². The third-order valence-corrected chi connectivity index (χ3v) is 6.11. The van der Waals surface area contributed by atoms with Gasteiger partial charge < -0.3 is 14.7 Å². The van der Waals surface area contributed by atoms with Gasteiger partial charge in [0.1, 0.15) is 0 Å². The Morgan fingerprint density at radius 2 is 1.75 bits per heavy atom. The van der Waals surface area contributed by atoms with E-state index < -0.39 is 5.60 Å². The van der Waals surface area contributed by atoms with E-state index in [0.717, 1.165) is 58.2 Å². The van der Waals surface area contributed by atoms with Crippen molar-refractivity contribution in [2.45, 2.75) is 64.4 Å². The number of hydrogen-bond acceptors (Lipinski definition) is 3. The van der Waals surface area contributed by atoms with Crippen molar-refractivity contribution in [2.24, 2.45) is 5.41 Å². The average molecular weight is 332 g/mol. The number of aliphatic hydroxyl groups is 1. The Hall–Kier alpha value is -1.06. The predicted molar refractivity (Wildman–Crippen MR) is 99.6 cm³/mol. The quantitative estimate of drug-likeness (QED) is 0.794. The van der Waals surface area contributed by atoms with Crippen molar-refractivity contribution >= 4 is 5.69 Å². The molecule has 1 aromatic carbocycles. The molecule has 0 aromatic heterocycles. The van der Waals surface area contributed by atoms with E-state index in [1.807, 2.05) is 0 Å². The Morgan fingerprint density at radius 3 is 2.38 bits per heavy atom. The first kappa shape index (κ1) is 17.8. The fourth-order valence-electron chi connectivity index (χ4n) is 4.30. The molecule has 3 rings (SSSR count). The molecule has 2 aliphatic rings. The monoisotopic (exact) mass is 331 g/mol. The molecule has 134 valence electrons. The molecule has 0 bridgehead atoms. The van der Waals surface area contributed by atoms with Crippen molar-refractivity contribution in [1.29, 1.82) is 0 Å². The number of anilines is 1. The van der Waals surface area contributed by atoms with Gasteiger partial charge in [0, 0.05) is 25.4 Å². The molecule has 0 amide bonds. The molecule has 1 saturated heterocycles. The van der Waals surface area contributed by atoms with Gasteiger partial charge in [-0.25, -0.2) is 0 Å². The molecule has 1 aliphatic heterocycles. The van der Waals surface area contributed by atoms with Crippen molar-refractivity contribution in [3.8, 4) is 0 Å². The van der Waals surface area contributed by atoms with Gasteiger partial charge in [-0.3, -0.25) is 0 Å². The van der Waals surface area contributed by atoms with Gasteiger partial charge in [0.2, 0.25) is 0 Å². The maximum atomic E-state index is 10.7. The zero-order valence-corrected chi connectivity index (χ0v) is 15.4. The zero-order chi connectivity index (χ0) is 17.0. The molecule has 1 spiro atoms. The number of rotatable bonds is 6. The summed E-state index contributed by atoms with van der Waals surface area (Å²) < 4.78 is 5.63. The third-order valence-electron chi connectivity index (χ3n) is 6.11. The van der Waals surface area contributed by atoms with Crippen LogP contribution >= 0.6 is 0 Å². The summed E-state index contributed by atoms with van der Waals surface area (Å²) in [6.07, 6.45) is 7.41. The topological polar surface area (TPSA) is 32.7 Å². The van der Waals surface area contributed by atoms with Gasteiger partial charge in [0.15, 0.2) is 0 Å². The SMILES string of the molecule is CCCOCC1(O)CCC2(CCN(c3ccc(CC)cc3)C2)CC1. The lowest BCUT2D eigenvalue weighted by Crippen LogP contribution is -2.43. The molecule has 1 heterocycles. The highest BCUT2D eigenvalue weighted by Gasteiger charge is 2.45. The van der Waals surface area contributed by atoms with E-state index in [-0.39, 0.29) is 0 Å². The standard InChI is InChI=1S/C21H33NO2/c1-3-15-24-17-21(23)11-9-20(10-12-21)13-14-22(16-20)19-7-5-18(4-2)6-8-19/h5-8,23H,3-4,9-17H2,1-2H3. The van der Waals surface area contributed by atoms with E-state index >= 15 is 0 Å². The molecule has 0 unspecified atom stereocenters. The maximum absolute atomic E-state index is 10.7. The second-order valence-corrected chi connectivity index (χ2v) is 7.97. The number of benzene rings is 1. The minimum Gasteiger partial charge on any atom is -0.387 e. The number of nitrogens with zero attached hydrogens (tertiary/aromatic N) is 1. The summed E-state index contributed by atoms with van der Waals surface area (Å²) in [5, 5.41) is 10.7. The molecule has 3 heteroatoms. The van der Waals surface area contributed by atoms with Crippen molar-refractivity contribution in [1.82, 2.24) is 0 Å². The molecule has 1 N–H and O–H groups in total. The minimum atomic E-state index is -0.587. The van der Waals surface area contributed by atoms with Crippen molar-refractivity contribution in [2.75, 3.05) is 31.2 Å². The first-order valence-electron chi connectivity index (χ1n) is 9.72. The molecule has 2 fully saturated rings. The van der Waals surface area contributed by atoms with Crippen molar-refractivity contribution < 1.29 is 9.84 Å². The summed E-state index contributed by atoms with van der Waals surface area (Å²) in [4.78, 5) is 2.54. The lowest BCUT2D eigenvalue weighted by Gasteiger charge is -2.42. The van der Waals surface area contributed by atoms with Crippen LogP contribution < -0.4 is 4.90 Å². The van der Waals surface area contributed by atoms with Gasteiger partial charge in [-0.2, -0.15) is 0 Å². The smallest absolute Gasteiger partial charge is 0.0880 e. The van der Waals surface area contributed by atoms with Gasteiger partial charge in [-0.1, -0.05) is 26.0 Å². The molecule has 24 heavy (non-hydrogen) atoms. The Labute approximate surface area is 147 Å². The maximum Gasteiger partial charge on any atom is 0.0880 e. The Balaban J connectivity index is 1.55. The molecule has 0 atom stereocenters. The third kappa shape index (κ3) is 3.94. The number of aryl methyl sites for hydroxylation is 1. The van der Waals surface area contributed by atoms with E-state index in [1.54, 1.807) is 0 Å². The first-order chi connectivity index (χ1) is 11.6. The average Bonchev–Trinajstić information content (AvgIpc) is 3.03. The van der Waals surface area contributed by atoms with Crippen LogP contribution in [0.15, 0.2) is 24.3 Å². The van der Waals surface area contributed by atoms with Crippen LogP contribution in [-0.4, -0.2) is 37.0 Å². The summed E-state index contributed by atoms with van der Waals surface area (Å²) in [7, 11) is 0. The Kier molecular flexibility index (Phi) is 5.51. The van der Waals surface area contributed by atoms with E-state index in [4.69, 9.17) is 4.74 Å². The summed E-state index contributed by atoms with van der Waals surface area (Å²) >= 11 is 0. The molecule has 0 radical (unpaired) electrons. The van der Waals surface area contributed by atoms with E-state index in [0.29, 0.717) is 12.0 Å². The molecule has 1 aliphatic carbocycles. The highest BCUT2D eigenvalue weighted by atomic mass is 16.5. The first-order valence-corrected chi connectivity index (χ1v) is 9.72. The van der Waals surface area contributed by atoms with Crippen LogP contribution in [0.4, 0.5) is 5.69 Å². The van der Waals surface area contributed by atoms with E-state index in [1.165, 1.54) is 17.7 Å². The lowest BCUT2D eigenvalue weighted by molar-refractivity contribution is -0.0867. The van der Waals surface area contributed by atoms with E-state index in [2.05, 4.69) is 43.0 Å². The predicted octanol–water partition coefficient (Wildman–Crippen LogP) is 4.18. The summed E-state index contributed by atoms with van der Waals surface area (Å²) in [5.41, 5.74) is 2.58. The lowest BCUT2D eigenvalue weighted by atomic mass is 9.68. The largest absolute Gasteiger partial charge is 0.387 e. The molecule has 1 saturated carbocycles. The van der Waals surface area contributed by atoms with Gasteiger partial charge in [0.25, 0.3) is 0 Å². The highest BCUT2D eigenvalue weighted by molar-refractivity contribution is 5.49. The zero-order valence-electron chi connectivity index (χ0n) is 15.4. The normalized spacial score (nSPS) is 30.2. The highest BCUT2D eigenvalue weighted by Crippen LogP contribution is 2.47. The van der Waals surface area contributed by atoms with Crippen LogP contribution in [0.1, 0.15) is 57.9 Å². The second-order valence-electron chi connectivity index (χ2n) is 7.97. The van der Waals surface area contributed by atoms with Crippen LogP contribution in [0, 0.1) is 5.41 Å². The van der Waals surface area contributed by atoms with Crippen molar-refractivity contribution in [3.05, 3.63) is 29.8 Å². The van der Waals surface area contributed by atoms with Gasteiger partial charge >= 0.3 is 0 Å². The van der Waals surface area contributed by atoms with Crippen LogP contribution in [0.25, 0.3) is 0 Å². The molecule has 3 nitrogen and oxygen atoms in total. The van der Waals surface area contributed by atoms with Crippen LogP contribution in [0.5, 0.6) is 0 Å². The van der Waals surface area contributed by atoms with Crippen LogP contribution in [0.2, 0.25) is 0 Å². The van der Waals surface area contributed by atoms with Crippen LogP contribution in [0.3, 0.4) is 0 Å². The number of hydrogen-bond donors (Lipinski definition) is 1. The van der Waals surface area contributed by atoms with Crippen LogP contribution in [-0.2, 0) is 11.2 Å². The summed E-state index contributed by atoms with van der Waals surface area (Å²) in [6, 6.07) is 9.06. The fourth-order valence-corrected chi connectivity index (χ4v) is 4.30. The number of ether oxygens (including phenoxy) is 1. The minimum absolute atomic E-state index is 0.403. The second kappa shape index (κ2) is 7.45. The molecule has 1 aromatic rings. The summed E-state index contributed by atoms with van der Waals surface area (Å²) in [5.74, 6) is 0. The molecular formula is C21H33NO2.